The highest BCUT2D eigenvalue weighted by molar-refractivity contribution is 6.09. The first-order valence-electron chi connectivity index (χ1n) is 10.8. The maximum Gasteiger partial charge on any atom is 0.259 e. The zero-order valence-electron chi connectivity index (χ0n) is 18.1. The first-order valence-corrected chi connectivity index (χ1v) is 10.8. The summed E-state index contributed by atoms with van der Waals surface area (Å²) in [6, 6.07) is 10.7. The maximum absolute atomic E-state index is 13.4. The number of carbonyl (C=O) groups excluding carboxylic acids is 1. The van der Waals surface area contributed by atoms with Crippen molar-refractivity contribution in [3.05, 3.63) is 76.6 Å². The van der Waals surface area contributed by atoms with Crippen molar-refractivity contribution in [3.63, 3.8) is 0 Å². The van der Waals surface area contributed by atoms with Crippen LogP contribution in [-0.2, 0) is 4.74 Å². The van der Waals surface area contributed by atoms with Gasteiger partial charge in [0.05, 0.1) is 36.7 Å². The van der Waals surface area contributed by atoms with Crippen molar-refractivity contribution < 1.29 is 13.9 Å². The molecule has 3 aromatic heterocycles. The predicted molar refractivity (Wildman–Crippen MR) is 125 cm³/mol. The maximum atomic E-state index is 13.4. The summed E-state index contributed by atoms with van der Waals surface area (Å²) in [6.07, 6.45) is 5.01. The molecule has 0 radical (unpaired) electrons. The Balaban J connectivity index is 1.34. The van der Waals surface area contributed by atoms with Gasteiger partial charge < -0.3 is 24.4 Å². The summed E-state index contributed by atoms with van der Waals surface area (Å²) < 4.78 is 10.6. The Kier molecular flexibility index (Phi) is 4.38. The normalized spacial score (nSPS) is 16.5. The molecule has 0 bridgehead atoms. The van der Waals surface area contributed by atoms with Gasteiger partial charge in [0.1, 0.15) is 5.82 Å². The molecular formula is C25H22N4O4. The molecule has 0 unspecified atom stereocenters. The van der Waals surface area contributed by atoms with E-state index in [-0.39, 0.29) is 16.9 Å². The number of hydrogen-bond acceptors (Lipinski definition) is 6. The highest BCUT2D eigenvalue weighted by atomic mass is 16.5. The van der Waals surface area contributed by atoms with Gasteiger partial charge >= 0.3 is 0 Å². The fourth-order valence-electron chi connectivity index (χ4n) is 4.65. The molecule has 2 aliphatic heterocycles. The molecule has 0 aliphatic carbocycles. The second kappa shape index (κ2) is 7.31. The van der Waals surface area contributed by atoms with E-state index in [2.05, 4.69) is 20.2 Å². The van der Waals surface area contributed by atoms with Crippen LogP contribution in [0.3, 0.4) is 0 Å². The second-order valence-corrected chi connectivity index (χ2v) is 8.99. The summed E-state index contributed by atoms with van der Waals surface area (Å²) in [5, 5.41) is 3.89. The van der Waals surface area contributed by atoms with Gasteiger partial charge in [0.15, 0.2) is 0 Å². The van der Waals surface area contributed by atoms with Gasteiger partial charge in [-0.3, -0.25) is 9.59 Å². The number of furan rings is 1. The van der Waals surface area contributed by atoms with E-state index >= 15 is 0 Å². The summed E-state index contributed by atoms with van der Waals surface area (Å²) in [6.45, 7) is 5.05. The lowest BCUT2D eigenvalue weighted by Gasteiger charge is -2.55. The van der Waals surface area contributed by atoms with E-state index in [0.717, 1.165) is 53.9 Å². The zero-order chi connectivity index (χ0) is 22.6. The molecule has 2 fully saturated rings. The Morgan fingerprint density at radius 1 is 1.15 bits per heavy atom. The van der Waals surface area contributed by atoms with E-state index in [1.54, 1.807) is 36.9 Å². The van der Waals surface area contributed by atoms with Crippen molar-refractivity contribution in [1.29, 1.82) is 0 Å². The molecule has 8 nitrogen and oxygen atoms in total. The number of nitrogens with one attached hydrogen (secondary N) is 2. The largest absolute Gasteiger partial charge is 0.472 e. The number of carbonyl (C=O) groups is 1. The summed E-state index contributed by atoms with van der Waals surface area (Å²) >= 11 is 0. The fourth-order valence-corrected chi connectivity index (χ4v) is 4.65. The number of benzene rings is 1. The van der Waals surface area contributed by atoms with Crippen molar-refractivity contribution in [3.8, 4) is 11.1 Å². The number of H-pyrrole nitrogens is 1. The number of ether oxygens (including phenoxy) is 1. The van der Waals surface area contributed by atoms with Crippen LogP contribution in [0.15, 0.2) is 64.3 Å². The molecule has 1 aromatic carbocycles. The lowest BCUT2D eigenvalue weighted by atomic mass is 9.78. The summed E-state index contributed by atoms with van der Waals surface area (Å²) in [7, 11) is 0. The predicted octanol–water partition coefficient (Wildman–Crippen LogP) is 3.58. The average Bonchev–Trinajstić information content (AvgIpc) is 3.27. The third-order valence-electron chi connectivity index (χ3n) is 6.44. The number of aryl methyl sites for hydroxylation is 1. The van der Waals surface area contributed by atoms with Crippen molar-refractivity contribution in [1.82, 2.24) is 9.97 Å². The Labute approximate surface area is 189 Å². The molecule has 5 heterocycles. The number of aromatic amines is 1. The fraction of sp³-hybridized carbons (Fsp3) is 0.240. The van der Waals surface area contributed by atoms with Gasteiger partial charge in [-0.15, -0.1) is 0 Å². The molecule has 33 heavy (non-hydrogen) atoms. The average molecular weight is 442 g/mol. The minimum absolute atomic E-state index is 0.146. The van der Waals surface area contributed by atoms with Gasteiger partial charge in [-0.25, -0.2) is 4.98 Å². The Hall–Kier alpha value is -3.91. The SMILES string of the molecule is Cc1cc(=O)[nH]c2ccc(NC(=O)c3cc(-c4ccoc4)cnc3N3CC4(COC4)C3)cc12. The van der Waals surface area contributed by atoms with E-state index in [9.17, 15) is 9.59 Å². The van der Waals surface area contributed by atoms with Gasteiger partial charge in [-0.2, -0.15) is 0 Å². The Morgan fingerprint density at radius 3 is 2.73 bits per heavy atom. The molecule has 2 aliphatic rings. The molecule has 0 atom stereocenters. The summed E-state index contributed by atoms with van der Waals surface area (Å²) in [5.41, 5.74) is 4.46. The number of rotatable bonds is 4. The van der Waals surface area contributed by atoms with Crippen LogP contribution in [-0.4, -0.2) is 42.2 Å². The quantitative estimate of drug-likeness (QED) is 0.501. The smallest absolute Gasteiger partial charge is 0.259 e. The summed E-state index contributed by atoms with van der Waals surface area (Å²) in [4.78, 5) is 34.8. The van der Waals surface area contributed by atoms with Crippen LogP contribution in [0.25, 0.3) is 22.0 Å². The van der Waals surface area contributed by atoms with E-state index in [0.29, 0.717) is 17.1 Å². The van der Waals surface area contributed by atoms with Crippen LogP contribution in [0.4, 0.5) is 11.5 Å². The zero-order valence-corrected chi connectivity index (χ0v) is 18.1. The first-order chi connectivity index (χ1) is 16.0. The van der Waals surface area contributed by atoms with Gasteiger partial charge in [0.25, 0.3) is 5.91 Å². The number of nitrogens with zero attached hydrogens (tertiary/aromatic N) is 2. The molecule has 8 heteroatoms. The monoisotopic (exact) mass is 442 g/mol. The van der Waals surface area contributed by atoms with Gasteiger partial charge in [-0.1, -0.05) is 0 Å². The van der Waals surface area contributed by atoms with E-state index in [1.165, 1.54) is 0 Å². The van der Waals surface area contributed by atoms with Crippen LogP contribution >= 0.6 is 0 Å². The lowest BCUT2D eigenvalue weighted by molar-refractivity contribution is -0.127. The van der Waals surface area contributed by atoms with E-state index < -0.39 is 0 Å². The summed E-state index contributed by atoms with van der Waals surface area (Å²) in [5.74, 6) is 0.425. The number of amides is 1. The minimum atomic E-state index is -0.241. The number of fused-ring (bicyclic) bond motifs is 1. The number of anilines is 2. The van der Waals surface area contributed by atoms with E-state index in [4.69, 9.17) is 9.15 Å². The van der Waals surface area contributed by atoms with Crippen LogP contribution in [0.1, 0.15) is 15.9 Å². The highest BCUT2D eigenvalue weighted by Gasteiger charge is 2.50. The molecule has 4 aromatic rings. The minimum Gasteiger partial charge on any atom is -0.472 e. The number of hydrogen-bond donors (Lipinski definition) is 2. The third kappa shape index (κ3) is 3.39. The number of aromatic nitrogens is 2. The lowest BCUT2D eigenvalue weighted by Crippen LogP contribution is -2.66. The standard InChI is InChI=1S/C25H22N4O4/c1-15-6-22(30)28-21-3-2-18(8-19(15)21)27-24(31)20-7-17(16-4-5-32-10-16)9-26-23(20)29-11-25(12-29)13-33-14-25/h2-10H,11-14H2,1H3,(H,27,31)(H,28,30). The first kappa shape index (κ1) is 19.8. The molecule has 1 spiro atoms. The molecule has 2 saturated heterocycles. The van der Waals surface area contributed by atoms with Crippen molar-refractivity contribution in [2.75, 3.05) is 36.5 Å². The molecule has 1 amide bonds. The van der Waals surface area contributed by atoms with Gasteiger partial charge in [-0.05, 0) is 42.8 Å². The van der Waals surface area contributed by atoms with Crippen LogP contribution < -0.4 is 15.8 Å². The molecule has 2 N–H and O–H groups in total. The van der Waals surface area contributed by atoms with Gasteiger partial charge in [0.2, 0.25) is 5.56 Å². The Bertz CT molecular complexity index is 1430. The van der Waals surface area contributed by atoms with Crippen molar-refractivity contribution in [2.45, 2.75) is 6.92 Å². The topological polar surface area (TPSA) is 100 Å². The second-order valence-electron chi connectivity index (χ2n) is 8.99. The molecule has 166 valence electrons. The highest BCUT2D eigenvalue weighted by Crippen LogP contribution is 2.41. The van der Waals surface area contributed by atoms with Crippen LogP contribution in [0.5, 0.6) is 0 Å². The third-order valence-corrected chi connectivity index (χ3v) is 6.44. The Morgan fingerprint density at radius 2 is 2.00 bits per heavy atom. The van der Waals surface area contributed by atoms with Crippen LogP contribution in [0, 0.1) is 12.3 Å². The van der Waals surface area contributed by atoms with Crippen LogP contribution in [0.2, 0.25) is 0 Å². The number of pyridine rings is 2. The molecule has 0 saturated carbocycles. The van der Waals surface area contributed by atoms with E-state index in [1.807, 2.05) is 25.1 Å². The van der Waals surface area contributed by atoms with Crippen molar-refractivity contribution in [2.24, 2.45) is 5.41 Å². The molecule has 6 rings (SSSR count). The van der Waals surface area contributed by atoms with Crippen molar-refractivity contribution >= 4 is 28.3 Å². The van der Waals surface area contributed by atoms with Gasteiger partial charge in [0, 0.05) is 53.1 Å². The molecular weight excluding hydrogens is 420 g/mol.